The summed E-state index contributed by atoms with van der Waals surface area (Å²) in [5.41, 5.74) is 4.70. The third-order valence-electron chi connectivity index (χ3n) is 5.44. The molecule has 34 heavy (non-hydrogen) atoms. The van der Waals surface area contributed by atoms with Crippen molar-refractivity contribution in [3.63, 3.8) is 0 Å². The van der Waals surface area contributed by atoms with Crippen LogP contribution < -0.4 is 10.2 Å². The molecule has 3 aromatic rings. The Balaban J connectivity index is 1.53. The number of hydrazone groups is 1. The first-order valence-electron chi connectivity index (χ1n) is 10.6. The third-order valence-corrected chi connectivity index (χ3v) is 5.44. The number of benzene rings is 2. The number of carbonyl (C=O) groups is 3. The van der Waals surface area contributed by atoms with E-state index in [1.165, 1.54) is 43.5 Å². The van der Waals surface area contributed by atoms with E-state index in [4.69, 9.17) is 9.15 Å². The van der Waals surface area contributed by atoms with Crippen molar-refractivity contribution >= 4 is 23.6 Å². The van der Waals surface area contributed by atoms with Crippen LogP contribution in [0.1, 0.15) is 61.0 Å². The van der Waals surface area contributed by atoms with E-state index in [0.717, 1.165) is 6.42 Å². The normalized spacial score (nSPS) is 13.8. The van der Waals surface area contributed by atoms with Crippen molar-refractivity contribution in [3.05, 3.63) is 82.3 Å². The smallest absolute Gasteiger partial charge is 0.379 e. The van der Waals surface area contributed by atoms with Crippen LogP contribution in [0.2, 0.25) is 0 Å². The lowest BCUT2D eigenvalue weighted by Crippen LogP contribution is -2.22. The van der Waals surface area contributed by atoms with Crippen molar-refractivity contribution < 1.29 is 33.4 Å². The molecule has 0 fully saturated rings. The zero-order valence-corrected chi connectivity index (χ0v) is 18.6. The lowest BCUT2D eigenvalue weighted by molar-refractivity contribution is 0.0600. The summed E-state index contributed by atoms with van der Waals surface area (Å²) >= 11 is 0. The Labute approximate surface area is 195 Å². The average molecular weight is 462 g/mol. The number of rotatable bonds is 5. The molecule has 1 aliphatic carbocycles. The second kappa shape index (κ2) is 9.62. The van der Waals surface area contributed by atoms with E-state index in [0.29, 0.717) is 41.0 Å². The Morgan fingerprint density at radius 1 is 1.03 bits per heavy atom. The lowest BCUT2D eigenvalue weighted by Gasteiger charge is -2.13. The van der Waals surface area contributed by atoms with Gasteiger partial charge in [-0.3, -0.25) is 4.79 Å². The van der Waals surface area contributed by atoms with Gasteiger partial charge in [0.1, 0.15) is 17.3 Å². The van der Waals surface area contributed by atoms with Crippen molar-refractivity contribution in [3.8, 4) is 11.5 Å². The molecule has 9 nitrogen and oxygen atoms in total. The fraction of sp³-hybridized carbons (Fsp3) is 0.200. The van der Waals surface area contributed by atoms with E-state index < -0.39 is 17.8 Å². The van der Waals surface area contributed by atoms with Gasteiger partial charge in [0, 0.05) is 17.5 Å². The molecule has 1 aromatic heterocycles. The summed E-state index contributed by atoms with van der Waals surface area (Å²) in [6.45, 7) is 1.73. The minimum atomic E-state index is -0.685. The van der Waals surface area contributed by atoms with Gasteiger partial charge in [-0.15, -0.1) is 0 Å². The number of aryl methyl sites for hydroxylation is 1. The molecule has 1 amide bonds. The highest BCUT2D eigenvalue weighted by Gasteiger charge is 2.29. The molecule has 0 aliphatic heterocycles. The van der Waals surface area contributed by atoms with Crippen LogP contribution in [-0.2, 0) is 11.2 Å². The Morgan fingerprint density at radius 2 is 1.76 bits per heavy atom. The van der Waals surface area contributed by atoms with Gasteiger partial charge >= 0.3 is 11.9 Å². The Bertz CT molecular complexity index is 1290. The molecule has 174 valence electrons. The van der Waals surface area contributed by atoms with Gasteiger partial charge in [0.2, 0.25) is 5.76 Å². The van der Waals surface area contributed by atoms with Crippen LogP contribution in [-0.4, -0.2) is 35.8 Å². The minimum Gasteiger partial charge on any atom is -0.507 e. The second-order valence-electron chi connectivity index (χ2n) is 7.63. The summed E-state index contributed by atoms with van der Waals surface area (Å²) in [6, 6.07) is 12.1. The van der Waals surface area contributed by atoms with Gasteiger partial charge in [-0.05, 0) is 56.2 Å². The molecule has 0 saturated carbocycles. The highest BCUT2D eigenvalue weighted by Crippen LogP contribution is 2.30. The Hall–Kier alpha value is -4.40. The van der Waals surface area contributed by atoms with Crippen LogP contribution in [0.4, 0.5) is 0 Å². The average Bonchev–Trinajstić information content (AvgIpc) is 3.20. The predicted molar refractivity (Wildman–Crippen MR) is 121 cm³/mol. The topological polar surface area (TPSA) is 127 Å². The monoisotopic (exact) mass is 462 g/mol. The van der Waals surface area contributed by atoms with Crippen molar-refractivity contribution in [1.29, 1.82) is 0 Å². The molecule has 1 heterocycles. The summed E-state index contributed by atoms with van der Waals surface area (Å²) in [4.78, 5) is 36.7. The van der Waals surface area contributed by atoms with Crippen LogP contribution in [0, 0.1) is 6.92 Å². The summed E-state index contributed by atoms with van der Waals surface area (Å²) in [7, 11) is 1.28. The van der Waals surface area contributed by atoms with Crippen molar-refractivity contribution in [2.45, 2.75) is 26.2 Å². The van der Waals surface area contributed by atoms with Crippen LogP contribution in [0.15, 0.2) is 58.0 Å². The number of furan rings is 1. The predicted octanol–water partition coefficient (Wildman–Crippen LogP) is 3.77. The molecule has 0 bridgehead atoms. The van der Waals surface area contributed by atoms with Crippen molar-refractivity contribution in [2.24, 2.45) is 5.10 Å². The van der Waals surface area contributed by atoms with Gasteiger partial charge in [0.25, 0.3) is 5.91 Å². The quantitative estimate of drug-likeness (QED) is 0.336. The number of esters is 2. The van der Waals surface area contributed by atoms with Crippen molar-refractivity contribution in [1.82, 2.24) is 5.43 Å². The standard InChI is InChI=1S/C25H22N2O7/c1-14-21-18(26-27-23(29)17-6-3-4-8-19(17)28)7-5-9-20(21)34-22(14)25(31)33-16-12-10-15(11-13-16)24(30)32-2/h3-4,6,8,10-13,28H,5,7,9H2,1-2H3,(H,27,29)/b26-18+. The maximum Gasteiger partial charge on any atom is 0.379 e. The number of ether oxygens (including phenoxy) is 2. The van der Waals surface area contributed by atoms with Gasteiger partial charge in [-0.1, -0.05) is 12.1 Å². The second-order valence-corrected chi connectivity index (χ2v) is 7.63. The molecule has 9 heteroatoms. The molecule has 1 aliphatic rings. The molecular formula is C25H22N2O7. The van der Waals surface area contributed by atoms with Crippen LogP contribution >= 0.6 is 0 Å². The number of aromatic hydroxyl groups is 1. The zero-order valence-electron chi connectivity index (χ0n) is 18.6. The van der Waals surface area contributed by atoms with E-state index in [9.17, 15) is 19.5 Å². The van der Waals surface area contributed by atoms with Gasteiger partial charge in [0.15, 0.2) is 0 Å². The van der Waals surface area contributed by atoms with E-state index >= 15 is 0 Å². The number of nitrogens with zero attached hydrogens (tertiary/aromatic N) is 1. The lowest BCUT2D eigenvalue weighted by atomic mass is 9.93. The molecule has 4 rings (SSSR count). The fourth-order valence-electron chi connectivity index (χ4n) is 3.75. The Kier molecular flexibility index (Phi) is 6.44. The number of phenolic OH excluding ortho intramolecular Hbond substituents is 1. The number of fused-ring (bicyclic) bond motifs is 1. The largest absolute Gasteiger partial charge is 0.507 e. The summed E-state index contributed by atoms with van der Waals surface area (Å²) in [6.07, 6.45) is 1.93. The number of amides is 1. The highest BCUT2D eigenvalue weighted by molar-refractivity contribution is 6.07. The molecule has 0 unspecified atom stereocenters. The molecule has 2 aromatic carbocycles. The molecule has 0 radical (unpaired) electrons. The third kappa shape index (κ3) is 4.54. The first kappa shape index (κ1) is 22.8. The van der Waals surface area contributed by atoms with Crippen LogP contribution in [0.25, 0.3) is 0 Å². The molecule has 0 saturated heterocycles. The number of phenols is 1. The number of hydrogen-bond donors (Lipinski definition) is 2. The minimum absolute atomic E-state index is 0.0451. The van der Waals surface area contributed by atoms with Gasteiger partial charge in [0.05, 0.1) is 23.9 Å². The number of para-hydroxylation sites is 1. The summed E-state index contributed by atoms with van der Waals surface area (Å²) < 4.78 is 15.9. The maximum atomic E-state index is 12.8. The zero-order chi connectivity index (χ0) is 24.2. The first-order chi connectivity index (χ1) is 16.4. The van der Waals surface area contributed by atoms with E-state index in [1.54, 1.807) is 19.1 Å². The summed E-state index contributed by atoms with van der Waals surface area (Å²) in [5.74, 6) is -0.988. The van der Waals surface area contributed by atoms with Crippen LogP contribution in [0.3, 0.4) is 0 Å². The Morgan fingerprint density at radius 3 is 2.47 bits per heavy atom. The fourth-order valence-corrected chi connectivity index (χ4v) is 3.75. The number of nitrogens with one attached hydrogen (secondary N) is 1. The van der Waals surface area contributed by atoms with E-state index in [2.05, 4.69) is 15.3 Å². The van der Waals surface area contributed by atoms with E-state index in [-0.39, 0.29) is 22.8 Å². The molecular weight excluding hydrogens is 440 g/mol. The summed E-state index contributed by atoms with van der Waals surface area (Å²) in [5, 5.41) is 14.1. The van der Waals surface area contributed by atoms with Gasteiger partial charge < -0.3 is 19.0 Å². The van der Waals surface area contributed by atoms with Gasteiger partial charge in [-0.2, -0.15) is 5.10 Å². The number of hydrogen-bond acceptors (Lipinski definition) is 8. The first-order valence-corrected chi connectivity index (χ1v) is 10.6. The number of methoxy groups -OCH3 is 1. The SMILES string of the molecule is COC(=O)c1ccc(OC(=O)c2oc3c(c2C)/C(=N/NC(=O)c2ccccc2O)CCC3)cc1. The van der Waals surface area contributed by atoms with E-state index in [1.807, 2.05) is 0 Å². The molecule has 0 spiro atoms. The molecule has 0 atom stereocenters. The molecule has 2 N–H and O–H groups in total. The maximum absolute atomic E-state index is 12.8. The number of carbonyl (C=O) groups excluding carboxylic acids is 3. The van der Waals surface area contributed by atoms with Gasteiger partial charge in [-0.25, -0.2) is 15.0 Å². The highest BCUT2D eigenvalue weighted by atomic mass is 16.5. The van der Waals surface area contributed by atoms with Crippen molar-refractivity contribution in [2.75, 3.05) is 7.11 Å². The van der Waals surface area contributed by atoms with Crippen LogP contribution in [0.5, 0.6) is 11.5 Å².